The number of ether oxygens (including phenoxy) is 2. The Morgan fingerprint density at radius 1 is 1.18 bits per heavy atom. The van der Waals surface area contributed by atoms with Crippen molar-refractivity contribution in [2.75, 3.05) is 38.2 Å². The minimum atomic E-state index is -0.959. The second-order valence-corrected chi connectivity index (χ2v) is 10.8. The largest absolute Gasteiger partial charge is 0.480 e. The van der Waals surface area contributed by atoms with Crippen molar-refractivity contribution in [3.63, 3.8) is 0 Å². The first kappa shape index (κ1) is 27.0. The van der Waals surface area contributed by atoms with Crippen LogP contribution in [0.2, 0.25) is 0 Å². The maximum absolute atomic E-state index is 14.3. The first-order chi connectivity index (χ1) is 18.6. The second kappa shape index (κ2) is 13.0. The van der Waals surface area contributed by atoms with E-state index in [9.17, 15) is 14.3 Å². The number of hydrogen-bond acceptors (Lipinski definition) is 6. The molecule has 5 rings (SSSR count). The van der Waals surface area contributed by atoms with Crippen LogP contribution in [0.15, 0.2) is 30.3 Å². The van der Waals surface area contributed by atoms with E-state index in [1.54, 1.807) is 6.07 Å². The molecule has 206 valence electrons. The number of aryl methyl sites for hydroxylation is 2. The lowest BCUT2D eigenvalue weighted by atomic mass is 9.92. The summed E-state index contributed by atoms with van der Waals surface area (Å²) in [5.41, 5.74) is 3.77. The zero-order valence-corrected chi connectivity index (χ0v) is 22.2. The van der Waals surface area contributed by atoms with Gasteiger partial charge < -0.3 is 19.9 Å². The SMILES string of the molecule is O=C(O)[C@H](c1cc(F)ccc1C1CCCCO1)N1CC[C@@H](OCCCCCc2ccc3c(n2)NCCC3)C1. The number of unbranched alkanes of at least 4 members (excludes halogenated alkanes) is 2. The van der Waals surface area contributed by atoms with E-state index in [0.717, 1.165) is 81.4 Å². The number of aromatic nitrogens is 1. The Bertz CT molecular complexity index is 1090. The lowest BCUT2D eigenvalue weighted by Crippen LogP contribution is -2.34. The van der Waals surface area contributed by atoms with Gasteiger partial charge in [0.15, 0.2) is 0 Å². The summed E-state index contributed by atoms with van der Waals surface area (Å²) in [5, 5.41) is 13.6. The lowest BCUT2D eigenvalue weighted by molar-refractivity contribution is -0.143. The van der Waals surface area contributed by atoms with E-state index in [4.69, 9.17) is 14.5 Å². The standard InChI is InChI=1S/C30H40FN3O4/c31-22-11-13-25(27-9-3-5-18-38-27)26(19-22)28(30(35)36)34-16-14-24(20-34)37-17-4-1-2-8-23-12-10-21-7-6-15-32-29(21)33-23/h10-13,19,24,27-28H,1-9,14-18,20H2,(H,32,33)(H,35,36)/t24-,27?,28+/m1/s1. The maximum Gasteiger partial charge on any atom is 0.325 e. The Morgan fingerprint density at radius 3 is 2.95 bits per heavy atom. The van der Waals surface area contributed by atoms with Crippen molar-refractivity contribution < 1.29 is 23.8 Å². The molecule has 7 nitrogen and oxygen atoms in total. The van der Waals surface area contributed by atoms with E-state index >= 15 is 0 Å². The maximum atomic E-state index is 14.3. The molecule has 1 aromatic carbocycles. The Morgan fingerprint density at radius 2 is 2.11 bits per heavy atom. The predicted octanol–water partition coefficient (Wildman–Crippen LogP) is 5.45. The highest BCUT2D eigenvalue weighted by Crippen LogP contribution is 2.36. The zero-order valence-electron chi connectivity index (χ0n) is 22.2. The molecule has 1 unspecified atom stereocenters. The highest BCUT2D eigenvalue weighted by molar-refractivity contribution is 5.76. The molecule has 0 aliphatic carbocycles. The molecular weight excluding hydrogens is 485 g/mol. The molecule has 0 bridgehead atoms. The molecule has 1 aromatic heterocycles. The normalized spacial score (nSPS) is 22.6. The molecule has 2 N–H and O–H groups in total. The van der Waals surface area contributed by atoms with Gasteiger partial charge in [0.25, 0.3) is 0 Å². The van der Waals surface area contributed by atoms with E-state index in [2.05, 4.69) is 17.4 Å². The Kier molecular flexibility index (Phi) is 9.25. The number of halogens is 1. The van der Waals surface area contributed by atoms with Gasteiger partial charge >= 0.3 is 5.97 Å². The quantitative estimate of drug-likeness (QED) is 0.378. The van der Waals surface area contributed by atoms with Crippen molar-refractivity contribution in [3.05, 3.63) is 58.5 Å². The molecule has 3 aliphatic heterocycles. The van der Waals surface area contributed by atoms with E-state index in [0.29, 0.717) is 31.9 Å². The minimum Gasteiger partial charge on any atom is -0.480 e. The van der Waals surface area contributed by atoms with Crippen LogP contribution in [0, 0.1) is 5.82 Å². The molecule has 3 atom stereocenters. The number of hydrogen-bond donors (Lipinski definition) is 2. The van der Waals surface area contributed by atoms with Crippen LogP contribution in [0.3, 0.4) is 0 Å². The smallest absolute Gasteiger partial charge is 0.325 e. The van der Waals surface area contributed by atoms with Gasteiger partial charge in [-0.25, -0.2) is 9.37 Å². The molecule has 8 heteroatoms. The number of nitrogens with one attached hydrogen (secondary N) is 1. The van der Waals surface area contributed by atoms with Crippen LogP contribution in [0.25, 0.3) is 0 Å². The van der Waals surface area contributed by atoms with Crippen LogP contribution in [-0.4, -0.2) is 59.9 Å². The first-order valence-electron chi connectivity index (χ1n) is 14.3. The van der Waals surface area contributed by atoms with Crippen molar-refractivity contribution in [1.82, 2.24) is 9.88 Å². The number of likely N-dealkylation sites (tertiary alicyclic amines) is 1. The lowest BCUT2D eigenvalue weighted by Gasteiger charge is -2.30. The number of anilines is 1. The zero-order chi connectivity index (χ0) is 26.3. The Labute approximate surface area is 224 Å². The monoisotopic (exact) mass is 525 g/mol. The highest BCUT2D eigenvalue weighted by atomic mass is 19.1. The number of aliphatic carboxylic acids is 1. The van der Waals surface area contributed by atoms with Gasteiger partial charge in [0.05, 0.1) is 12.2 Å². The van der Waals surface area contributed by atoms with Crippen molar-refractivity contribution >= 4 is 11.8 Å². The summed E-state index contributed by atoms with van der Waals surface area (Å²) in [7, 11) is 0. The number of carboxylic acid groups (broad SMARTS) is 1. The van der Waals surface area contributed by atoms with Crippen LogP contribution in [0.1, 0.15) is 85.9 Å². The minimum absolute atomic E-state index is 0.00632. The van der Waals surface area contributed by atoms with Crippen LogP contribution in [0.4, 0.5) is 10.2 Å². The number of rotatable bonds is 11. The van der Waals surface area contributed by atoms with Gasteiger partial charge in [0, 0.05) is 38.5 Å². The van der Waals surface area contributed by atoms with Gasteiger partial charge in [0.2, 0.25) is 0 Å². The Hall–Kier alpha value is -2.55. The van der Waals surface area contributed by atoms with E-state index in [-0.39, 0.29) is 12.2 Å². The topological polar surface area (TPSA) is 83.9 Å². The Balaban J connectivity index is 1.09. The summed E-state index contributed by atoms with van der Waals surface area (Å²) in [6.07, 6.45) is 9.80. The summed E-state index contributed by atoms with van der Waals surface area (Å²) in [6, 6.07) is 7.95. The van der Waals surface area contributed by atoms with Crippen LogP contribution >= 0.6 is 0 Å². The summed E-state index contributed by atoms with van der Waals surface area (Å²) in [4.78, 5) is 19.1. The number of fused-ring (bicyclic) bond motifs is 1. The predicted molar refractivity (Wildman–Crippen MR) is 144 cm³/mol. The molecule has 2 aromatic rings. The van der Waals surface area contributed by atoms with Gasteiger partial charge in [0.1, 0.15) is 17.7 Å². The van der Waals surface area contributed by atoms with Crippen molar-refractivity contribution in [1.29, 1.82) is 0 Å². The van der Waals surface area contributed by atoms with E-state index in [1.807, 2.05) is 4.90 Å². The number of carbonyl (C=O) groups is 1. The fourth-order valence-corrected chi connectivity index (χ4v) is 6.02. The summed E-state index contributed by atoms with van der Waals surface area (Å²) in [6.45, 7) is 3.47. The van der Waals surface area contributed by atoms with Crippen molar-refractivity contribution in [3.8, 4) is 0 Å². The van der Waals surface area contributed by atoms with Crippen LogP contribution in [-0.2, 0) is 27.1 Å². The van der Waals surface area contributed by atoms with Gasteiger partial charge in [-0.05, 0) is 92.7 Å². The summed E-state index contributed by atoms with van der Waals surface area (Å²) < 4.78 is 26.3. The number of nitrogens with zero attached hydrogens (tertiary/aromatic N) is 2. The van der Waals surface area contributed by atoms with Crippen LogP contribution in [0.5, 0.6) is 0 Å². The molecule has 0 amide bonds. The summed E-state index contributed by atoms with van der Waals surface area (Å²) >= 11 is 0. The van der Waals surface area contributed by atoms with Gasteiger partial charge in [-0.2, -0.15) is 0 Å². The molecule has 3 aliphatic rings. The van der Waals surface area contributed by atoms with Gasteiger partial charge in [-0.3, -0.25) is 9.69 Å². The molecular formula is C30H40FN3O4. The van der Waals surface area contributed by atoms with Crippen LogP contribution < -0.4 is 5.32 Å². The fourth-order valence-electron chi connectivity index (χ4n) is 6.02. The third-order valence-corrected chi connectivity index (χ3v) is 8.03. The van der Waals surface area contributed by atoms with Gasteiger partial charge in [-0.1, -0.05) is 18.6 Å². The average Bonchev–Trinajstić information content (AvgIpc) is 3.39. The van der Waals surface area contributed by atoms with Crippen molar-refractivity contribution in [2.45, 2.75) is 82.5 Å². The number of benzene rings is 1. The third-order valence-electron chi connectivity index (χ3n) is 8.03. The first-order valence-corrected chi connectivity index (χ1v) is 14.3. The molecule has 2 saturated heterocycles. The summed E-state index contributed by atoms with van der Waals surface area (Å²) in [5.74, 6) is -0.321. The number of carboxylic acids is 1. The van der Waals surface area contributed by atoms with E-state index < -0.39 is 17.8 Å². The number of pyridine rings is 1. The highest BCUT2D eigenvalue weighted by Gasteiger charge is 2.36. The van der Waals surface area contributed by atoms with E-state index in [1.165, 1.54) is 24.1 Å². The third kappa shape index (κ3) is 6.71. The molecule has 0 radical (unpaired) electrons. The van der Waals surface area contributed by atoms with Gasteiger partial charge in [-0.15, -0.1) is 0 Å². The fraction of sp³-hybridized carbons (Fsp3) is 0.600. The molecule has 2 fully saturated rings. The molecule has 4 heterocycles. The second-order valence-electron chi connectivity index (χ2n) is 10.8. The average molecular weight is 526 g/mol. The molecule has 38 heavy (non-hydrogen) atoms. The van der Waals surface area contributed by atoms with Crippen molar-refractivity contribution in [2.24, 2.45) is 0 Å². The molecule has 0 saturated carbocycles. The molecule has 0 spiro atoms.